The number of aryl methyl sites for hydroxylation is 1. The molecule has 2 aromatic carbocycles. The Morgan fingerprint density at radius 3 is 2.46 bits per heavy atom. The predicted molar refractivity (Wildman–Crippen MR) is 109 cm³/mol. The van der Waals surface area contributed by atoms with Crippen LogP contribution in [-0.4, -0.2) is 25.7 Å². The van der Waals surface area contributed by atoms with Gasteiger partial charge in [0.05, 0.1) is 16.9 Å². The second-order valence-corrected chi connectivity index (χ2v) is 6.61. The number of aromatic nitrogens is 4. The molecule has 2 aromatic heterocycles. The van der Waals surface area contributed by atoms with Crippen molar-refractivity contribution in [2.45, 2.75) is 6.92 Å². The first-order valence-electron chi connectivity index (χ1n) is 8.61. The first kappa shape index (κ1) is 17.9. The molecule has 0 aliphatic rings. The quantitative estimate of drug-likeness (QED) is 0.556. The van der Waals surface area contributed by atoms with E-state index >= 15 is 0 Å². The van der Waals surface area contributed by atoms with E-state index in [1.165, 1.54) is 12.4 Å². The van der Waals surface area contributed by atoms with Gasteiger partial charge in [0.25, 0.3) is 5.91 Å². The fraction of sp³-hybridized carbons (Fsp3) is 0.0476. The van der Waals surface area contributed by atoms with Gasteiger partial charge in [-0.25, -0.2) is 14.6 Å². The number of halogens is 1. The number of nitrogens with zero attached hydrogens (tertiary/aromatic N) is 4. The third-order valence-electron chi connectivity index (χ3n) is 4.07. The van der Waals surface area contributed by atoms with Crippen molar-refractivity contribution in [2.24, 2.45) is 0 Å². The fourth-order valence-corrected chi connectivity index (χ4v) is 2.95. The number of carbonyl (C=O) groups is 1. The van der Waals surface area contributed by atoms with Gasteiger partial charge >= 0.3 is 0 Å². The number of amides is 1. The average molecular weight is 390 g/mol. The zero-order valence-electron chi connectivity index (χ0n) is 15.0. The SMILES string of the molecule is Cc1cc(NC(=O)c2cnc(-c3ccccc3)nc2)n(-c2cccc(Cl)c2)n1. The van der Waals surface area contributed by atoms with Gasteiger partial charge in [0.15, 0.2) is 5.82 Å². The van der Waals surface area contributed by atoms with Gasteiger partial charge < -0.3 is 5.32 Å². The number of benzene rings is 2. The summed E-state index contributed by atoms with van der Waals surface area (Å²) in [5.41, 5.74) is 2.78. The molecule has 4 aromatic rings. The molecule has 0 unspecified atom stereocenters. The molecular weight excluding hydrogens is 374 g/mol. The van der Waals surface area contributed by atoms with Gasteiger partial charge in [-0.05, 0) is 25.1 Å². The van der Waals surface area contributed by atoms with Gasteiger partial charge in [0.2, 0.25) is 0 Å². The smallest absolute Gasteiger partial charge is 0.259 e. The maximum atomic E-state index is 12.7. The van der Waals surface area contributed by atoms with Crippen molar-refractivity contribution in [3.63, 3.8) is 0 Å². The summed E-state index contributed by atoms with van der Waals surface area (Å²) < 4.78 is 1.64. The Hall–Kier alpha value is -3.51. The summed E-state index contributed by atoms with van der Waals surface area (Å²) in [6, 6.07) is 18.6. The van der Waals surface area contributed by atoms with Crippen molar-refractivity contribution in [3.05, 3.63) is 89.3 Å². The molecule has 4 rings (SSSR count). The number of anilines is 1. The molecule has 0 spiro atoms. The highest BCUT2D eigenvalue weighted by Crippen LogP contribution is 2.21. The average Bonchev–Trinajstić information content (AvgIpc) is 3.09. The third-order valence-corrected chi connectivity index (χ3v) is 4.31. The van der Waals surface area contributed by atoms with E-state index < -0.39 is 0 Å². The highest BCUT2D eigenvalue weighted by atomic mass is 35.5. The summed E-state index contributed by atoms with van der Waals surface area (Å²) >= 11 is 6.08. The van der Waals surface area contributed by atoms with Crippen LogP contribution in [-0.2, 0) is 0 Å². The molecule has 6 nitrogen and oxygen atoms in total. The maximum Gasteiger partial charge on any atom is 0.259 e. The molecule has 0 saturated carbocycles. The highest BCUT2D eigenvalue weighted by molar-refractivity contribution is 6.30. The van der Waals surface area contributed by atoms with E-state index in [9.17, 15) is 4.79 Å². The number of carbonyl (C=O) groups excluding carboxylic acids is 1. The Morgan fingerprint density at radius 1 is 1.00 bits per heavy atom. The topological polar surface area (TPSA) is 72.7 Å². The Balaban J connectivity index is 1.58. The van der Waals surface area contributed by atoms with Gasteiger partial charge in [-0.15, -0.1) is 0 Å². The van der Waals surface area contributed by atoms with E-state index in [-0.39, 0.29) is 5.91 Å². The van der Waals surface area contributed by atoms with Crippen LogP contribution >= 0.6 is 11.6 Å². The molecule has 28 heavy (non-hydrogen) atoms. The molecule has 7 heteroatoms. The van der Waals surface area contributed by atoms with E-state index in [4.69, 9.17) is 11.6 Å². The first-order chi connectivity index (χ1) is 13.6. The molecule has 0 fully saturated rings. The van der Waals surface area contributed by atoms with E-state index in [2.05, 4.69) is 20.4 Å². The van der Waals surface area contributed by atoms with Crippen molar-refractivity contribution in [2.75, 3.05) is 5.32 Å². The highest BCUT2D eigenvalue weighted by Gasteiger charge is 2.14. The van der Waals surface area contributed by atoms with Gasteiger partial charge in [0.1, 0.15) is 5.82 Å². The van der Waals surface area contributed by atoms with Crippen LogP contribution in [0.1, 0.15) is 16.1 Å². The fourth-order valence-electron chi connectivity index (χ4n) is 2.76. The molecule has 2 heterocycles. The van der Waals surface area contributed by atoms with E-state index in [1.807, 2.05) is 49.4 Å². The van der Waals surface area contributed by atoms with Crippen molar-refractivity contribution in [1.82, 2.24) is 19.7 Å². The summed E-state index contributed by atoms with van der Waals surface area (Å²) in [4.78, 5) is 21.3. The minimum atomic E-state index is -0.317. The van der Waals surface area contributed by atoms with Gasteiger partial charge in [-0.3, -0.25) is 4.79 Å². The van der Waals surface area contributed by atoms with Crippen LogP contribution in [0, 0.1) is 6.92 Å². The van der Waals surface area contributed by atoms with Gasteiger partial charge in [-0.2, -0.15) is 5.10 Å². The summed E-state index contributed by atoms with van der Waals surface area (Å²) in [5, 5.41) is 7.89. The minimum Gasteiger partial charge on any atom is -0.306 e. The lowest BCUT2D eigenvalue weighted by atomic mass is 10.2. The Bertz CT molecular complexity index is 1120. The second-order valence-electron chi connectivity index (χ2n) is 6.18. The molecule has 0 aliphatic heterocycles. The van der Waals surface area contributed by atoms with Crippen LogP contribution in [0.4, 0.5) is 5.82 Å². The monoisotopic (exact) mass is 389 g/mol. The van der Waals surface area contributed by atoms with Crippen LogP contribution in [0.5, 0.6) is 0 Å². The second kappa shape index (κ2) is 7.62. The molecule has 138 valence electrons. The lowest BCUT2D eigenvalue weighted by Crippen LogP contribution is -2.15. The number of hydrogen-bond acceptors (Lipinski definition) is 4. The molecule has 0 radical (unpaired) electrons. The first-order valence-corrected chi connectivity index (χ1v) is 8.99. The molecular formula is C21H16ClN5O. The van der Waals surface area contributed by atoms with Crippen LogP contribution in [0.3, 0.4) is 0 Å². The van der Waals surface area contributed by atoms with E-state index in [0.29, 0.717) is 22.2 Å². The third kappa shape index (κ3) is 3.77. The summed E-state index contributed by atoms with van der Waals surface area (Å²) in [7, 11) is 0. The van der Waals surface area contributed by atoms with Crippen molar-refractivity contribution in [3.8, 4) is 17.1 Å². The molecule has 0 aliphatic carbocycles. The maximum absolute atomic E-state index is 12.7. The normalized spacial score (nSPS) is 10.6. The standard InChI is InChI=1S/C21H16ClN5O/c1-14-10-19(27(26-14)18-9-5-8-17(22)11-18)25-21(28)16-12-23-20(24-13-16)15-6-3-2-4-7-15/h2-13H,1H3,(H,25,28). The summed E-state index contributed by atoms with van der Waals surface area (Å²) in [6.07, 6.45) is 3.02. The lowest BCUT2D eigenvalue weighted by Gasteiger charge is -2.09. The molecule has 1 N–H and O–H groups in total. The van der Waals surface area contributed by atoms with Crippen molar-refractivity contribution < 1.29 is 4.79 Å². The van der Waals surface area contributed by atoms with E-state index in [0.717, 1.165) is 16.9 Å². The summed E-state index contributed by atoms with van der Waals surface area (Å²) in [6.45, 7) is 1.86. The summed E-state index contributed by atoms with van der Waals surface area (Å²) in [5.74, 6) is 0.789. The van der Waals surface area contributed by atoms with Crippen LogP contribution in [0.15, 0.2) is 73.1 Å². The number of rotatable bonds is 4. The Morgan fingerprint density at radius 2 is 1.75 bits per heavy atom. The number of nitrogens with one attached hydrogen (secondary N) is 1. The Kier molecular flexibility index (Phi) is 4.87. The lowest BCUT2D eigenvalue weighted by molar-refractivity contribution is 0.102. The van der Waals surface area contributed by atoms with Crippen LogP contribution < -0.4 is 5.32 Å². The number of hydrogen-bond donors (Lipinski definition) is 1. The zero-order valence-corrected chi connectivity index (χ0v) is 15.8. The largest absolute Gasteiger partial charge is 0.306 e. The molecule has 0 saturated heterocycles. The van der Waals surface area contributed by atoms with Gasteiger partial charge in [0, 0.05) is 29.0 Å². The minimum absolute atomic E-state index is 0.317. The van der Waals surface area contributed by atoms with Gasteiger partial charge in [-0.1, -0.05) is 48.0 Å². The van der Waals surface area contributed by atoms with Crippen LogP contribution in [0.25, 0.3) is 17.1 Å². The molecule has 1 amide bonds. The Labute approximate surface area is 166 Å². The molecule has 0 atom stereocenters. The van der Waals surface area contributed by atoms with Crippen molar-refractivity contribution >= 4 is 23.3 Å². The van der Waals surface area contributed by atoms with E-state index in [1.54, 1.807) is 22.9 Å². The molecule has 0 bridgehead atoms. The predicted octanol–water partition coefficient (Wildman–Crippen LogP) is 4.54. The zero-order chi connectivity index (χ0) is 19.5. The van der Waals surface area contributed by atoms with Crippen molar-refractivity contribution in [1.29, 1.82) is 0 Å². The van der Waals surface area contributed by atoms with Crippen LogP contribution in [0.2, 0.25) is 5.02 Å².